The summed E-state index contributed by atoms with van der Waals surface area (Å²) in [6.07, 6.45) is 0.0400. The van der Waals surface area contributed by atoms with Crippen LogP contribution in [0.5, 0.6) is 5.75 Å². The van der Waals surface area contributed by atoms with Crippen LogP contribution in [-0.2, 0) is 4.74 Å². The van der Waals surface area contributed by atoms with Crippen LogP contribution in [0.25, 0.3) is 0 Å². The number of hydrogen-bond donors (Lipinski definition) is 0. The molecular weight excluding hydrogens is 313 g/mol. The van der Waals surface area contributed by atoms with Gasteiger partial charge in [0.25, 0.3) is 0 Å². The highest BCUT2D eigenvalue weighted by molar-refractivity contribution is 9.10. The van der Waals surface area contributed by atoms with E-state index in [9.17, 15) is 4.39 Å². The maximum Gasteiger partial charge on any atom is 0.128 e. The Morgan fingerprint density at radius 2 is 2.26 bits per heavy atom. The number of nitrogens with zero attached hydrogens (tertiary/aromatic N) is 1. The molecule has 0 aromatic heterocycles. The lowest BCUT2D eigenvalue weighted by atomic mass is 10.2. The zero-order valence-electron chi connectivity index (χ0n) is 11.2. The molecule has 1 aliphatic rings. The van der Waals surface area contributed by atoms with Crippen LogP contribution >= 0.6 is 15.9 Å². The molecule has 19 heavy (non-hydrogen) atoms. The van der Waals surface area contributed by atoms with E-state index in [0.29, 0.717) is 22.9 Å². The Bertz CT molecular complexity index is 408. The average molecular weight is 332 g/mol. The second kappa shape index (κ2) is 6.68. The van der Waals surface area contributed by atoms with E-state index >= 15 is 0 Å². The summed E-state index contributed by atoms with van der Waals surface area (Å²) in [5.74, 6) is 0.217. The van der Waals surface area contributed by atoms with Crippen molar-refractivity contribution in [2.75, 3.05) is 26.3 Å². The van der Waals surface area contributed by atoms with Crippen molar-refractivity contribution in [3.05, 3.63) is 28.5 Å². The third kappa shape index (κ3) is 4.44. The Balaban J connectivity index is 1.87. The molecule has 1 aromatic carbocycles. The fourth-order valence-corrected chi connectivity index (χ4v) is 2.56. The van der Waals surface area contributed by atoms with Crippen molar-refractivity contribution in [1.29, 1.82) is 0 Å². The molecule has 0 aliphatic carbocycles. The first-order valence-electron chi connectivity index (χ1n) is 6.49. The van der Waals surface area contributed by atoms with Gasteiger partial charge in [0, 0.05) is 29.7 Å². The molecule has 0 saturated carbocycles. The average Bonchev–Trinajstić information content (AvgIpc) is 2.35. The van der Waals surface area contributed by atoms with Crippen LogP contribution in [0.3, 0.4) is 0 Å². The maximum absolute atomic E-state index is 13.2. The van der Waals surface area contributed by atoms with Crippen molar-refractivity contribution < 1.29 is 13.9 Å². The molecular formula is C14H19BrFNO2. The summed E-state index contributed by atoms with van der Waals surface area (Å²) in [4.78, 5) is 2.36. The molecule has 2 rings (SSSR count). The predicted octanol–water partition coefficient (Wildman–Crippen LogP) is 3.08. The van der Waals surface area contributed by atoms with E-state index in [-0.39, 0.29) is 11.9 Å². The van der Waals surface area contributed by atoms with Crippen molar-refractivity contribution in [2.24, 2.45) is 0 Å². The van der Waals surface area contributed by atoms with Crippen LogP contribution in [0, 0.1) is 5.82 Å². The topological polar surface area (TPSA) is 21.7 Å². The summed E-state index contributed by atoms with van der Waals surface area (Å²) < 4.78 is 25.2. The van der Waals surface area contributed by atoms with Gasteiger partial charge in [-0.05, 0) is 26.0 Å². The molecule has 0 N–H and O–H groups in total. The van der Waals surface area contributed by atoms with Crippen LogP contribution in [0.4, 0.5) is 4.39 Å². The first-order valence-corrected chi connectivity index (χ1v) is 7.28. The van der Waals surface area contributed by atoms with Gasteiger partial charge in [-0.3, -0.25) is 4.90 Å². The second-order valence-corrected chi connectivity index (χ2v) is 5.91. The minimum atomic E-state index is -0.308. The van der Waals surface area contributed by atoms with E-state index in [1.54, 1.807) is 6.07 Å². The Morgan fingerprint density at radius 3 is 2.95 bits per heavy atom. The lowest BCUT2D eigenvalue weighted by Gasteiger charge is -2.35. The van der Waals surface area contributed by atoms with Crippen LogP contribution < -0.4 is 4.74 Å². The lowest BCUT2D eigenvalue weighted by molar-refractivity contribution is -0.0564. The van der Waals surface area contributed by atoms with Crippen LogP contribution in [0.15, 0.2) is 22.7 Å². The fourth-order valence-electron chi connectivity index (χ4n) is 2.11. The monoisotopic (exact) mass is 331 g/mol. The molecule has 0 bridgehead atoms. The van der Waals surface area contributed by atoms with Gasteiger partial charge >= 0.3 is 0 Å². The number of hydrogen-bond acceptors (Lipinski definition) is 3. The molecule has 0 amide bonds. The summed E-state index contributed by atoms with van der Waals surface area (Å²) >= 11 is 3.25. The van der Waals surface area contributed by atoms with Gasteiger partial charge in [-0.15, -0.1) is 0 Å². The number of halogens is 2. The van der Waals surface area contributed by atoms with Gasteiger partial charge in [0.05, 0.1) is 6.61 Å². The Labute approximate surface area is 121 Å². The molecule has 1 aromatic rings. The number of rotatable bonds is 4. The molecule has 1 aliphatic heterocycles. The van der Waals surface area contributed by atoms with Gasteiger partial charge in [0.2, 0.25) is 0 Å². The van der Waals surface area contributed by atoms with Gasteiger partial charge in [0.1, 0.15) is 24.3 Å². The number of ether oxygens (including phenoxy) is 2. The van der Waals surface area contributed by atoms with E-state index in [4.69, 9.17) is 9.47 Å². The summed E-state index contributed by atoms with van der Waals surface area (Å²) in [6, 6.07) is 5.06. The quantitative estimate of drug-likeness (QED) is 0.846. The zero-order chi connectivity index (χ0) is 13.8. The lowest BCUT2D eigenvalue weighted by Crippen LogP contribution is -2.47. The molecule has 0 spiro atoms. The molecule has 5 heteroatoms. The fraction of sp³-hybridized carbons (Fsp3) is 0.571. The van der Waals surface area contributed by atoms with E-state index in [1.807, 2.05) is 0 Å². The van der Waals surface area contributed by atoms with Gasteiger partial charge < -0.3 is 9.47 Å². The summed E-state index contributed by atoms with van der Waals surface area (Å²) in [5.41, 5.74) is 0. The molecule has 1 fully saturated rings. The van der Waals surface area contributed by atoms with Gasteiger partial charge in [-0.25, -0.2) is 4.39 Å². The van der Waals surface area contributed by atoms with E-state index in [1.165, 1.54) is 12.1 Å². The first kappa shape index (κ1) is 14.8. The predicted molar refractivity (Wildman–Crippen MR) is 76.0 cm³/mol. The molecule has 1 heterocycles. The van der Waals surface area contributed by atoms with Gasteiger partial charge in [-0.1, -0.05) is 15.9 Å². The number of benzene rings is 1. The van der Waals surface area contributed by atoms with Crippen LogP contribution in [-0.4, -0.2) is 43.3 Å². The molecule has 1 unspecified atom stereocenters. The van der Waals surface area contributed by atoms with Crippen LogP contribution in [0.2, 0.25) is 0 Å². The highest BCUT2D eigenvalue weighted by atomic mass is 79.9. The van der Waals surface area contributed by atoms with Crippen molar-refractivity contribution in [3.8, 4) is 5.75 Å². The smallest absolute Gasteiger partial charge is 0.128 e. The minimum absolute atomic E-state index is 0.0400. The highest BCUT2D eigenvalue weighted by Crippen LogP contribution is 2.21. The van der Waals surface area contributed by atoms with E-state index < -0.39 is 0 Å². The zero-order valence-corrected chi connectivity index (χ0v) is 12.8. The Hall–Kier alpha value is -0.650. The summed E-state index contributed by atoms with van der Waals surface area (Å²) in [7, 11) is 0. The SMILES string of the molecule is CC(C)N1CCOC(COc2cc(F)cc(Br)c2)C1. The van der Waals surface area contributed by atoms with Crippen molar-refractivity contribution in [2.45, 2.75) is 26.0 Å². The first-order chi connectivity index (χ1) is 9.04. The molecule has 0 radical (unpaired) electrons. The standard InChI is InChI=1S/C14H19BrFNO2/c1-10(2)17-3-4-18-14(8-17)9-19-13-6-11(15)5-12(16)7-13/h5-7,10,14H,3-4,8-9H2,1-2H3. The molecule has 1 saturated heterocycles. The summed E-state index contributed by atoms with van der Waals surface area (Å²) in [6.45, 7) is 7.33. The van der Waals surface area contributed by atoms with E-state index in [2.05, 4.69) is 34.7 Å². The second-order valence-electron chi connectivity index (χ2n) is 5.00. The van der Waals surface area contributed by atoms with Crippen molar-refractivity contribution in [3.63, 3.8) is 0 Å². The molecule has 3 nitrogen and oxygen atoms in total. The third-order valence-corrected chi connectivity index (χ3v) is 3.63. The largest absolute Gasteiger partial charge is 0.491 e. The molecule has 106 valence electrons. The maximum atomic E-state index is 13.2. The van der Waals surface area contributed by atoms with Gasteiger partial charge in [-0.2, -0.15) is 0 Å². The summed E-state index contributed by atoms with van der Waals surface area (Å²) in [5, 5.41) is 0. The molecule has 1 atom stereocenters. The van der Waals surface area contributed by atoms with Crippen molar-refractivity contribution in [1.82, 2.24) is 4.90 Å². The number of morpholine rings is 1. The normalized spacial score (nSPS) is 20.8. The highest BCUT2D eigenvalue weighted by Gasteiger charge is 2.22. The van der Waals surface area contributed by atoms with Crippen LogP contribution in [0.1, 0.15) is 13.8 Å². The van der Waals surface area contributed by atoms with Gasteiger partial charge in [0.15, 0.2) is 0 Å². The van der Waals surface area contributed by atoms with Crippen molar-refractivity contribution >= 4 is 15.9 Å². The minimum Gasteiger partial charge on any atom is -0.491 e. The Kier molecular flexibility index (Phi) is 5.19. The van der Waals surface area contributed by atoms with E-state index in [0.717, 1.165) is 19.7 Å². The third-order valence-electron chi connectivity index (χ3n) is 3.17. The Morgan fingerprint density at radius 1 is 1.47 bits per heavy atom.